The molecule has 2 fully saturated rings. The van der Waals surface area contributed by atoms with E-state index < -0.39 is 5.54 Å². The van der Waals surface area contributed by atoms with E-state index in [0.29, 0.717) is 25.3 Å². The van der Waals surface area contributed by atoms with Crippen LogP contribution >= 0.6 is 0 Å². The van der Waals surface area contributed by atoms with Crippen LogP contribution in [-0.4, -0.2) is 45.9 Å². The highest BCUT2D eigenvalue weighted by Gasteiger charge is 2.50. The third kappa shape index (κ3) is 4.61. The molecule has 1 aliphatic heterocycles. The van der Waals surface area contributed by atoms with Crippen molar-refractivity contribution in [1.82, 2.24) is 20.5 Å². The minimum Gasteiger partial charge on any atom is -0.475 e. The molecule has 1 aromatic rings. The molecule has 8 heteroatoms. The maximum absolute atomic E-state index is 12.7. The molecule has 0 aromatic carbocycles. The number of urea groups is 1. The zero-order chi connectivity index (χ0) is 20.1. The number of carbonyl (C=O) groups is 3. The lowest BCUT2D eigenvalue weighted by Gasteiger charge is -2.30. The van der Waals surface area contributed by atoms with Gasteiger partial charge >= 0.3 is 6.03 Å². The summed E-state index contributed by atoms with van der Waals surface area (Å²) in [6.07, 6.45) is 6.13. The van der Waals surface area contributed by atoms with Crippen LogP contribution in [0.3, 0.4) is 0 Å². The highest BCUT2D eigenvalue weighted by Crippen LogP contribution is 2.33. The Labute approximate surface area is 165 Å². The third-order valence-electron chi connectivity index (χ3n) is 5.16. The summed E-state index contributed by atoms with van der Waals surface area (Å²) < 4.78 is 5.48. The van der Waals surface area contributed by atoms with Gasteiger partial charge in [0.15, 0.2) is 0 Å². The Morgan fingerprint density at radius 2 is 2.04 bits per heavy atom. The zero-order valence-electron chi connectivity index (χ0n) is 16.5. The summed E-state index contributed by atoms with van der Waals surface area (Å²) in [5, 5.41) is 5.65. The van der Waals surface area contributed by atoms with Crippen LogP contribution in [0.5, 0.6) is 5.88 Å². The number of hydrogen-bond acceptors (Lipinski definition) is 5. The van der Waals surface area contributed by atoms with Crippen LogP contribution in [0.1, 0.15) is 57.9 Å². The van der Waals surface area contributed by atoms with E-state index in [9.17, 15) is 14.4 Å². The smallest absolute Gasteiger partial charge is 0.325 e. The molecule has 0 bridgehead atoms. The third-order valence-corrected chi connectivity index (χ3v) is 5.16. The predicted molar refractivity (Wildman–Crippen MR) is 103 cm³/mol. The van der Waals surface area contributed by atoms with Gasteiger partial charge in [0, 0.05) is 31.8 Å². The van der Waals surface area contributed by atoms with Crippen LogP contribution in [0.15, 0.2) is 18.3 Å². The van der Waals surface area contributed by atoms with E-state index >= 15 is 0 Å². The fraction of sp³-hybridized carbons (Fsp3) is 0.600. The number of hydrogen-bond donors (Lipinski definition) is 2. The summed E-state index contributed by atoms with van der Waals surface area (Å²) in [5.41, 5.74) is 0.109. The first-order valence-electron chi connectivity index (χ1n) is 9.92. The molecule has 0 unspecified atom stereocenters. The maximum atomic E-state index is 12.7. The number of imide groups is 1. The van der Waals surface area contributed by atoms with Crippen LogP contribution < -0.4 is 15.4 Å². The Balaban J connectivity index is 1.45. The van der Waals surface area contributed by atoms with Crippen molar-refractivity contribution in [3.8, 4) is 5.88 Å². The average molecular weight is 388 g/mol. The van der Waals surface area contributed by atoms with Crippen LogP contribution in [0.2, 0.25) is 0 Å². The van der Waals surface area contributed by atoms with Crippen molar-refractivity contribution in [2.75, 3.05) is 6.54 Å². The molecular weight excluding hydrogens is 360 g/mol. The van der Waals surface area contributed by atoms with Gasteiger partial charge in [-0.1, -0.05) is 25.3 Å². The number of carbonyl (C=O) groups excluding carboxylic acids is 3. The summed E-state index contributed by atoms with van der Waals surface area (Å²) in [4.78, 5) is 42.4. The summed E-state index contributed by atoms with van der Waals surface area (Å²) in [5.74, 6) is 0.142. The molecule has 28 heavy (non-hydrogen) atoms. The van der Waals surface area contributed by atoms with Crippen LogP contribution in [-0.2, 0) is 16.1 Å². The molecule has 2 N–H and O–H groups in total. The Bertz CT molecular complexity index is 726. The quantitative estimate of drug-likeness (QED) is 0.697. The molecule has 1 saturated carbocycles. The van der Waals surface area contributed by atoms with Gasteiger partial charge in [0.2, 0.25) is 11.8 Å². The van der Waals surface area contributed by atoms with E-state index in [1.165, 1.54) is 4.90 Å². The highest BCUT2D eigenvalue weighted by atomic mass is 16.5. The summed E-state index contributed by atoms with van der Waals surface area (Å²) in [6.45, 7) is 4.28. The lowest BCUT2D eigenvalue weighted by molar-refractivity contribution is -0.132. The summed E-state index contributed by atoms with van der Waals surface area (Å²) in [7, 11) is 0. The second kappa shape index (κ2) is 8.58. The number of ether oxygens (including phenoxy) is 1. The maximum Gasteiger partial charge on any atom is 0.325 e. The molecule has 1 saturated heterocycles. The molecule has 2 heterocycles. The fourth-order valence-electron chi connectivity index (χ4n) is 3.70. The van der Waals surface area contributed by atoms with Crippen molar-refractivity contribution in [2.45, 2.75) is 70.6 Å². The minimum atomic E-state index is -0.739. The van der Waals surface area contributed by atoms with E-state index in [0.717, 1.165) is 24.8 Å². The lowest BCUT2D eigenvalue weighted by Crippen LogP contribution is -2.48. The van der Waals surface area contributed by atoms with E-state index in [2.05, 4.69) is 15.6 Å². The summed E-state index contributed by atoms with van der Waals surface area (Å²) >= 11 is 0. The van der Waals surface area contributed by atoms with Crippen molar-refractivity contribution in [3.63, 3.8) is 0 Å². The first kappa shape index (κ1) is 20.1. The summed E-state index contributed by atoms with van der Waals surface area (Å²) in [6, 6.07) is 3.22. The minimum absolute atomic E-state index is 0.0521. The molecule has 1 spiro atoms. The number of aromatic nitrogens is 1. The van der Waals surface area contributed by atoms with E-state index in [1.807, 2.05) is 19.9 Å². The second-order valence-corrected chi connectivity index (χ2v) is 7.73. The normalized spacial score (nSPS) is 18.5. The average Bonchev–Trinajstić information content (AvgIpc) is 2.89. The second-order valence-electron chi connectivity index (χ2n) is 7.73. The number of nitrogens with zero attached hydrogens (tertiary/aromatic N) is 2. The molecular formula is C20H28N4O4. The molecule has 3 rings (SSSR count). The molecule has 8 nitrogen and oxygen atoms in total. The molecule has 1 aromatic heterocycles. The number of pyridine rings is 1. The first-order valence-corrected chi connectivity index (χ1v) is 9.92. The fourth-order valence-corrected chi connectivity index (χ4v) is 3.70. The number of rotatable bonds is 7. The van der Waals surface area contributed by atoms with Crippen molar-refractivity contribution in [1.29, 1.82) is 0 Å². The van der Waals surface area contributed by atoms with Gasteiger partial charge in [0.05, 0.1) is 6.10 Å². The highest BCUT2D eigenvalue weighted by molar-refractivity contribution is 6.07. The van der Waals surface area contributed by atoms with Gasteiger partial charge in [-0.3, -0.25) is 14.5 Å². The monoisotopic (exact) mass is 388 g/mol. The Morgan fingerprint density at radius 3 is 2.68 bits per heavy atom. The van der Waals surface area contributed by atoms with Gasteiger partial charge in [-0.15, -0.1) is 0 Å². The molecule has 1 aliphatic carbocycles. The van der Waals surface area contributed by atoms with Crippen molar-refractivity contribution >= 4 is 17.8 Å². The first-order chi connectivity index (χ1) is 13.4. The largest absolute Gasteiger partial charge is 0.475 e. The van der Waals surface area contributed by atoms with Crippen LogP contribution in [0.4, 0.5) is 4.79 Å². The number of amides is 4. The van der Waals surface area contributed by atoms with Gasteiger partial charge in [-0.05, 0) is 32.3 Å². The van der Waals surface area contributed by atoms with Gasteiger partial charge in [-0.2, -0.15) is 0 Å². The Morgan fingerprint density at radius 1 is 1.29 bits per heavy atom. The van der Waals surface area contributed by atoms with Gasteiger partial charge in [0.1, 0.15) is 5.54 Å². The topological polar surface area (TPSA) is 101 Å². The zero-order valence-corrected chi connectivity index (χ0v) is 16.5. The van der Waals surface area contributed by atoms with Crippen molar-refractivity contribution in [2.24, 2.45) is 0 Å². The lowest BCUT2D eigenvalue weighted by atomic mass is 9.82. The van der Waals surface area contributed by atoms with Crippen LogP contribution in [0.25, 0.3) is 0 Å². The van der Waals surface area contributed by atoms with Crippen molar-refractivity contribution < 1.29 is 19.1 Å². The van der Waals surface area contributed by atoms with E-state index in [-0.39, 0.29) is 36.9 Å². The number of nitrogens with one attached hydrogen (secondary N) is 2. The standard InChI is InChI=1S/C20H28N4O4/c1-14(2)28-17-7-6-15(13-22-17)12-21-16(25)8-11-24-18(26)20(23-19(24)27)9-4-3-5-10-20/h6-7,13-14H,3-5,8-12H2,1-2H3,(H,21,25)(H,23,27). The van der Waals surface area contributed by atoms with E-state index in [4.69, 9.17) is 4.74 Å². The van der Waals surface area contributed by atoms with Gasteiger partial charge in [0.25, 0.3) is 5.91 Å². The molecule has 4 amide bonds. The Kier molecular flexibility index (Phi) is 6.16. The Hall–Kier alpha value is -2.64. The SMILES string of the molecule is CC(C)Oc1ccc(CNC(=O)CCN2C(=O)NC3(CCCCC3)C2=O)cn1. The van der Waals surface area contributed by atoms with Gasteiger partial charge in [-0.25, -0.2) is 9.78 Å². The molecule has 152 valence electrons. The predicted octanol–water partition coefficient (Wildman–Crippen LogP) is 2.13. The molecule has 0 atom stereocenters. The van der Waals surface area contributed by atoms with Gasteiger partial charge < -0.3 is 15.4 Å². The van der Waals surface area contributed by atoms with Crippen LogP contribution in [0, 0.1) is 0 Å². The molecule has 2 aliphatic rings. The van der Waals surface area contributed by atoms with E-state index in [1.54, 1.807) is 12.3 Å². The molecule has 0 radical (unpaired) electrons. The van der Waals surface area contributed by atoms with Crippen molar-refractivity contribution in [3.05, 3.63) is 23.9 Å².